The molecule has 1 atom stereocenters. The van der Waals surface area contributed by atoms with Crippen molar-refractivity contribution in [1.29, 1.82) is 0 Å². The molecule has 1 amide bonds. The van der Waals surface area contributed by atoms with Gasteiger partial charge < -0.3 is 14.5 Å². The van der Waals surface area contributed by atoms with E-state index in [1.807, 2.05) is 74.3 Å². The van der Waals surface area contributed by atoms with Crippen molar-refractivity contribution in [1.82, 2.24) is 15.1 Å². The summed E-state index contributed by atoms with van der Waals surface area (Å²) >= 11 is 0. The molecule has 7 nitrogen and oxygen atoms in total. The molecule has 7 heteroatoms. The van der Waals surface area contributed by atoms with E-state index in [0.717, 1.165) is 22.6 Å². The van der Waals surface area contributed by atoms with Crippen LogP contribution in [-0.4, -0.2) is 41.7 Å². The quantitative estimate of drug-likeness (QED) is 0.673. The van der Waals surface area contributed by atoms with Crippen LogP contribution < -0.4 is 10.1 Å². The van der Waals surface area contributed by atoms with Crippen molar-refractivity contribution in [3.05, 3.63) is 60.0 Å². The van der Waals surface area contributed by atoms with Gasteiger partial charge in [0.05, 0.1) is 19.7 Å². The van der Waals surface area contributed by atoms with E-state index in [9.17, 15) is 4.79 Å². The highest BCUT2D eigenvalue weighted by molar-refractivity contribution is 5.92. The summed E-state index contributed by atoms with van der Waals surface area (Å²) in [5, 5.41) is 11.1. The first-order valence-electron chi connectivity index (χ1n) is 9.01. The van der Waals surface area contributed by atoms with E-state index in [1.54, 1.807) is 7.11 Å². The molecule has 0 radical (unpaired) electrons. The summed E-state index contributed by atoms with van der Waals surface area (Å²) in [5.74, 6) is 1.54. The van der Waals surface area contributed by atoms with Gasteiger partial charge in [-0.05, 0) is 57.3 Å². The molecule has 0 aliphatic carbocycles. The van der Waals surface area contributed by atoms with Gasteiger partial charge in [-0.3, -0.25) is 9.69 Å². The second-order valence-corrected chi connectivity index (χ2v) is 6.68. The number of amides is 1. The Balaban J connectivity index is 1.61. The normalized spacial score (nSPS) is 12.0. The van der Waals surface area contributed by atoms with Gasteiger partial charge in [-0.15, -0.1) is 10.2 Å². The molecule has 2 aromatic carbocycles. The molecule has 0 spiro atoms. The van der Waals surface area contributed by atoms with Crippen LogP contribution in [0.2, 0.25) is 0 Å². The van der Waals surface area contributed by atoms with Crippen LogP contribution in [0.4, 0.5) is 5.69 Å². The van der Waals surface area contributed by atoms with Crippen LogP contribution in [0.3, 0.4) is 0 Å². The number of hydrogen-bond acceptors (Lipinski definition) is 6. The maximum absolute atomic E-state index is 12.3. The van der Waals surface area contributed by atoms with Crippen LogP contribution in [0.25, 0.3) is 11.5 Å². The van der Waals surface area contributed by atoms with E-state index >= 15 is 0 Å². The summed E-state index contributed by atoms with van der Waals surface area (Å²) in [5.41, 5.74) is 2.73. The topological polar surface area (TPSA) is 80.5 Å². The monoisotopic (exact) mass is 380 g/mol. The molecule has 0 unspecified atom stereocenters. The van der Waals surface area contributed by atoms with E-state index < -0.39 is 0 Å². The van der Waals surface area contributed by atoms with Crippen LogP contribution >= 0.6 is 0 Å². The first kappa shape index (κ1) is 19.6. The molecule has 0 aliphatic rings. The van der Waals surface area contributed by atoms with Crippen LogP contribution in [-0.2, 0) is 4.79 Å². The van der Waals surface area contributed by atoms with Gasteiger partial charge in [-0.1, -0.05) is 17.7 Å². The molecule has 0 saturated heterocycles. The van der Waals surface area contributed by atoms with Crippen LogP contribution in [0.1, 0.15) is 24.4 Å². The van der Waals surface area contributed by atoms with E-state index in [4.69, 9.17) is 9.15 Å². The lowest BCUT2D eigenvalue weighted by atomic mass is 10.2. The number of hydrogen-bond donors (Lipinski definition) is 1. The van der Waals surface area contributed by atoms with Crippen LogP contribution in [0, 0.1) is 6.92 Å². The Bertz CT molecular complexity index is 920. The molecule has 3 aromatic rings. The average Bonchev–Trinajstić information content (AvgIpc) is 3.19. The zero-order valence-corrected chi connectivity index (χ0v) is 16.5. The van der Waals surface area contributed by atoms with E-state index in [-0.39, 0.29) is 18.5 Å². The molecule has 146 valence electrons. The van der Waals surface area contributed by atoms with Gasteiger partial charge >= 0.3 is 0 Å². The summed E-state index contributed by atoms with van der Waals surface area (Å²) < 4.78 is 11.0. The number of rotatable bonds is 7. The first-order chi connectivity index (χ1) is 13.5. The van der Waals surface area contributed by atoms with Crippen LogP contribution in [0.5, 0.6) is 5.75 Å². The molecule has 1 heterocycles. The number of aromatic nitrogens is 2. The fraction of sp³-hybridized carbons (Fsp3) is 0.286. The van der Waals surface area contributed by atoms with Crippen molar-refractivity contribution in [2.24, 2.45) is 0 Å². The Labute approximate surface area is 164 Å². The second kappa shape index (κ2) is 8.67. The molecular weight excluding hydrogens is 356 g/mol. The number of aryl methyl sites for hydroxylation is 1. The minimum atomic E-state index is -0.205. The first-order valence-corrected chi connectivity index (χ1v) is 9.01. The molecule has 3 rings (SSSR count). The summed E-state index contributed by atoms with van der Waals surface area (Å²) in [4.78, 5) is 14.2. The summed E-state index contributed by atoms with van der Waals surface area (Å²) in [6, 6.07) is 14.9. The van der Waals surface area contributed by atoms with Gasteiger partial charge in [-0.25, -0.2) is 0 Å². The van der Waals surface area contributed by atoms with Crippen molar-refractivity contribution in [2.75, 3.05) is 26.0 Å². The molecule has 0 fully saturated rings. The highest BCUT2D eigenvalue weighted by Crippen LogP contribution is 2.24. The van der Waals surface area contributed by atoms with E-state index in [0.29, 0.717) is 11.8 Å². The Morgan fingerprint density at radius 1 is 1.14 bits per heavy atom. The predicted molar refractivity (Wildman–Crippen MR) is 107 cm³/mol. The minimum Gasteiger partial charge on any atom is -0.497 e. The van der Waals surface area contributed by atoms with Crippen molar-refractivity contribution < 1.29 is 13.9 Å². The summed E-state index contributed by atoms with van der Waals surface area (Å²) in [6.07, 6.45) is 0. The lowest BCUT2D eigenvalue weighted by Gasteiger charge is -2.21. The van der Waals surface area contributed by atoms with Crippen molar-refractivity contribution in [2.45, 2.75) is 19.9 Å². The smallest absolute Gasteiger partial charge is 0.247 e. The Morgan fingerprint density at radius 2 is 1.82 bits per heavy atom. The highest BCUT2D eigenvalue weighted by Gasteiger charge is 2.21. The van der Waals surface area contributed by atoms with Crippen molar-refractivity contribution >= 4 is 11.6 Å². The molecule has 28 heavy (non-hydrogen) atoms. The fourth-order valence-electron chi connectivity index (χ4n) is 2.64. The van der Waals surface area contributed by atoms with Crippen molar-refractivity contribution in [3.63, 3.8) is 0 Å². The van der Waals surface area contributed by atoms with Gasteiger partial charge in [-0.2, -0.15) is 0 Å². The molecule has 0 bridgehead atoms. The largest absolute Gasteiger partial charge is 0.497 e. The third-order valence-corrected chi connectivity index (χ3v) is 4.52. The Kier molecular flexibility index (Phi) is 6.06. The van der Waals surface area contributed by atoms with Gasteiger partial charge in [0.25, 0.3) is 0 Å². The summed E-state index contributed by atoms with van der Waals surface area (Å²) in [6.45, 7) is 4.13. The highest BCUT2D eigenvalue weighted by atomic mass is 16.5. The number of carbonyl (C=O) groups excluding carboxylic acids is 1. The molecule has 0 aliphatic heterocycles. The number of anilines is 1. The number of methoxy groups -OCH3 is 1. The number of carbonyl (C=O) groups is 1. The molecule has 0 saturated carbocycles. The molecule has 1 aromatic heterocycles. The summed E-state index contributed by atoms with van der Waals surface area (Å²) in [7, 11) is 3.46. The van der Waals surface area contributed by atoms with E-state index in [1.165, 1.54) is 0 Å². The second-order valence-electron chi connectivity index (χ2n) is 6.68. The number of ether oxygens (including phenoxy) is 1. The number of benzene rings is 2. The maximum Gasteiger partial charge on any atom is 0.247 e. The molecular formula is C21H24N4O3. The third-order valence-electron chi connectivity index (χ3n) is 4.52. The Morgan fingerprint density at radius 3 is 2.46 bits per heavy atom. The standard InChI is InChI=1S/C21H24N4O3/c1-14-5-9-17(10-6-14)22-19(26)13-25(3)15(2)20-23-24-21(28-20)16-7-11-18(27-4)12-8-16/h5-12,15H,13H2,1-4H3,(H,22,26)/t15-/m1/s1. The lowest BCUT2D eigenvalue weighted by Crippen LogP contribution is -2.32. The fourth-order valence-corrected chi connectivity index (χ4v) is 2.64. The predicted octanol–water partition coefficient (Wildman–Crippen LogP) is 3.69. The number of likely N-dealkylation sites (N-methyl/N-ethyl adjacent to an activating group) is 1. The van der Waals surface area contributed by atoms with Gasteiger partial charge in [0.2, 0.25) is 17.7 Å². The zero-order valence-electron chi connectivity index (χ0n) is 16.5. The zero-order chi connectivity index (χ0) is 20.1. The third kappa shape index (κ3) is 4.75. The van der Waals surface area contributed by atoms with Crippen LogP contribution in [0.15, 0.2) is 52.9 Å². The van der Waals surface area contributed by atoms with Gasteiger partial charge in [0.15, 0.2) is 0 Å². The lowest BCUT2D eigenvalue weighted by molar-refractivity contribution is -0.117. The minimum absolute atomic E-state index is 0.104. The SMILES string of the molecule is COc1ccc(-c2nnc([C@@H](C)N(C)CC(=O)Nc3ccc(C)cc3)o2)cc1. The molecule has 1 N–H and O–H groups in total. The van der Waals surface area contributed by atoms with Gasteiger partial charge in [0.1, 0.15) is 5.75 Å². The average molecular weight is 380 g/mol. The Hall–Kier alpha value is -3.19. The number of nitrogens with one attached hydrogen (secondary N) is 1. The maximum atomic E-state index is 12.3. The van der Waals surface area contributed by atoms with E-state index in [2.05, 4.69) is 15.5 Å². The van der Waals surface area contributed by atoms with Gasteiger partial charge in [0, 0.05) is 11.3 Å². The number of nitrogens with zero attached hydrogens (tertiary/aromatic N) is 3. The van der Waals surface area contributed by atoms with Crippen molar-refractivity contribution in [3.8, 4) is 17.2 Å².